The van der Waals surface area contributed by atoms with Gasteiger partial charge in [-0.15, -0.1) is 0 Å². The van der Waals surface area contributed by atoms with Crippen LogP contribution in [0.3, 0.4) is 0 Å². The lowest BCUT2D eigenvalue weighted by atomic mass is 9.91. The second-order valence-corrected chi connectivity index (χ2v) is 6.26. The molecule has 4 nitrogen and oxygen atoms in total. The van der Waals surface area contributed by atoms with Crippen LogP contribution in [0.15, 0.2) is 42.5 Å². The quantitative estimate of drug-likeness (QED) is 0.856. The zero-order chi connectivity index (χ0) is 15.8. The van der Waals surface area contributed by atoms with Crippen molar-refractivity contribution in [2.45, 2.75) is 19.4 Å². The fraction of sp³-hybridized carbons (Fsp3) is 0.316. The van der Waals surface area contributed by atoms with Crippen LogP contribution in [0, 0.1) is 5.92 Å². The molecule has 2 aromatic carbocycles. The molecule has 23 heavy (non-hydrogen) atoms. The third-order valence-corrected chi connectivity index (χ3v) is 4.62. The first-order chi connectivity index (χ1) is 11.2. The molecule has 0 aliphatic carbocycles. The number of ether oxygens (including phenoxy) is 2. The summed E-state index contributed by atoms with van der Waals surface area (Å²) in [5.74, 6) is 1.74. The van der Waals surface area contributed by atoms with Gasteiger partial charge in [-0.05, 0) is 41.7 Å². The zero-order valence-electron chi connectivity index (χ0n) is 13.1. The van der Waals surface area contributed by atoms with E-state index in [1.54, 1.807) is 0 Å². The highest BCUT2D eigenvalue weighted by atomic mass is 16.7. The highest BCUT2D eigenvalue weighted by molar-refractivity contribution is 5.80. The van der Waals surface area contributed by atoms with Gasteiger partial charge >= 0.3 is 0 Å². The van der Waals surface area contributed by atoms with Crippen molar-refractivity contribution in [2.75, 3.05) is 13.8 Å². The number of hydrogen-bond acceptors (Lipinski definition) is 3. The van der Waals surface area contributed by atoms with E-state index in [-0.39, 0.29) is 18.6 Å². The number of rotatable bonds is 2. The van der Waals surface area contributed by atoms with Gasteiger partial charge < -0.3 is 14.4 Å². The van der Waals surface area contributed by atoms with Crippen LogP contribution >= 0.6 is 0 Å². The van der Waals surface area contributed by atoms with Gasteiger partial charge in [-0.2, -0.15) is 0 Å². The van der Waals surface area contributed by atoms with Crippen molar-refractivity contribution in [1.82, 2.24) is 4.90 Å². The number of hydrogen-bond donors (Lipinski definition) is 0. The van der Waals surface area contributed by atoms with Crippen LogP contribution in [0.4, 0.5) is 0 Å². The van der Waals surface area contributed by atoms with Crippen molar-refractivity contribution in [1.29, 1.82) is 0 Å². The molecule has 1 unspecified atom stereocenters. The largest absolute Gasteiger partial charge is 0.454 e. The molecule has 1 atom stereocenters. The van der Waals surface area contributed by atoms with Crippen molar-refractivity contribution < 1.29 is 14.3 Å². The molecule has 118 valence electrons. The lowest BCUT2D eigenvalue weighted by molar-refractivity contribution is -0.134. The maximum absolute atomic E-state index is 12.7. The lowest BCUT2D eigenvalue weighted by Crippen LogP contribution is -2.32. The van der Waals surface area contributed by atoms with E-state index in [2.05, 4.69) is 12.1 Å². The summed E-state index contributed by atoms with van der Waals surface area (Å²) in [5, 5.41) is 0. The van der Waals surface area contributed by atoms with Gasteiger partial charge in [0.1, 0.15) is 0 Å². The van der Waals surface area contributed by atoms with Gasteiger partial charge in [-0.1, -0.05) is 30.3 Å². The van der Waals surface area contributed by atoms with Gasteiger partial charge in [0, 0.05) is 19.5 Å². The topological polar surface area (TPSA) is 38.8 Å². The number of carbonyl (C=O) groups excluding carboxylic acids is 1. The molecule has 0 aromatic heterocycles. The highest BCUT2D eigenvalue weighted by Gasteiger charge is 2.29. The van der Waals surface area contributed by atoms with E-state index in [1.807, 2.05) is 42.3 Å². The molecule has 0 N–H and O–H groups in total. The van der Waals surface area contributed by atoms with Crippen molar-refractivity contribution in [2.24, 2.45) is 5.92 Å². The highest BCUT2D eigenvalue weighted by Crippen LogP contribution is 2.37. The Bertz CT molecular complexity index is 742. The Hall–Kier alpha value is -2.49. The van der Waals surface area contributed by atoms with Crippen LogP contribution in [0.2, 0.25) is 0 Å². The molecule has 2 aliphatic heterocycles. The molecular formula is C19H19NO3. The summed E-state index contributed by atoms with van der Waals surface area (Å²) in [7, 11) is 1.88. The molecule has 4 rings (SSSR count). The van der Waals surface area contributed by atoms with Crippen molar-refractivity contribution in [3.05, 3.63) is 59.2 Å². The van der Waals surface area contributed by atoms with Crippen LogP contribution in [-0.2, 0) is 24.2 Å². The fourth-order valence-electron chi connectivity index (χ4n) is 3.42. The number of amides is 1. The van der Waals surface area contributed by atoms with Gasteiger partial charge in [0.25, 0.3) is 0 Å². The fourth-order valence-corrected chi connectivity index (χ4v) is 3.42. The van der Waals surface area contributed by atoms with E-state index in [1.165, 1.54) is 11.1 Å². The number of carbonyl (C=O) groups is 1. The van der Waals surface area contributed by atoms with Crippen molar-refractivity contribution in [3.8, 4) is 11.5 Å². The van der Waals surface area contributed by atoms with Crippen molar-refractivity contribution in [3.63, 3.8) is 0 Å². The standard InChI is InChI=1S/C19H19NO3/c1-20-11-16-10-18-17(22-12-23-18)9-14(16)8-15(19(20)21)7-13-5-3-2-4-6-13/h2-6,9-10,15H,7-8,11-12H2,1H3. The normalized spacial score (nSPS) is 19.4. The third kappa shape index (κ3) is 2.65. The van der Waals surface area contributed by atoms with Crippen LogP contribution in [-0.4, -0.2) is 24.6 Å². The Kier molecular flexibility index (Phi) is 3.45. The predicted molar refractivity (Wildman–Crippen MR) is 86.4 cm³/mol. The SMILES string of the molecule is CN1Cc2cc3c(cc2CC(Cc2ccccc2)C1=O)OCO3. The van der Waals surface area contributed by atoms with Crippen LogP contribution in [0.1, 0.15) is 16.7 Å². The summed E-state index contributed by atoms with van der Waals surface area (Å²) in [6.45, 7) is 0.899. The van der Waals surface area contributed by atoms with Crippen LogP contribution in [0.5, 0.6) is 11.5 Å². The van der Waals surface area contributed by atoms with E-state index >= 15 is 0 Å². The molecule has 2 aliphatic rings. The average Bonchev–Trinajstić information content (AvgIpc) is 2.97. The number of nitrogens with zero attached hydrogens (tertiary/aromatic N) is 1. The monoisotopic (exact) mass is 309 g/mol. The summed E-state index contributed by atoms with van der Waals surface area (Å²) >= 11 is 0. The maximum Gasteiger partial charge on any atom is 0.231 e. The van der Waals surface area contributed by atoms with Gasteiger partial charge in [-0.3, -0.25) is 4.79 Å². The molecule has 4 heteroatoms. The van der Waals surface area contributed by atoms with Gasteiger partial charge in [0.05, 0.1) is 0 Å². The van der Waals surface area contributed by atoms with Crippen LogP contribution in [0.25, 0.3) is 0 Å². The van der Waals surface area contributed by atoms with E-state index in [0.717, 1.165) is 29.9 Å². The Morgan fingerprint density at radius 3 is 2.52 bits per heavy atom. The molecule has 2 aromatic rings. The summed E-state index contributed by atoms with van der Waals surface area (Å²) in [4.78, 5) is 14.6. The van der Waals surface area contributed by atoms with Crippen LogP contribution < -0.4 is 9.47 Å². The summed E-state index contributed by atoms with van der Waals surface area (Å²) < 4.78 is 11.0. The Morgan fingerprint density at radius 1 is 1.09 bits per heavy atom. The number of fused-ring (bicyclic) bond motifs is 2. The first kappa shape index (κ1) is 14.1. The molecule has 1 amide bonds. The number of benzene rings is 2. The smallest absolute Gasteiger partial charge is 0.231 e. The Labute approximate surface area is 135 Å². The lowest BCUT2D eigenvalue weighted by Gasteiger charge is -2.20. The summed E-state index contributed by atoms with van der Waals surface area (Å²) in [6, 6.07) is 14.3. The summed E-state index contributed by atoms with van der Waals surface area (Å²) in [6.07, 6.45) is 1.50. The molecule has 0 radical (unpaired) electrons. The average molecular weight is 309 g/mol. The van der Waals surface area contributed by atoms with Gasteiger partial charge in [0.15, 0.2) is 11.5 Å². The Morgan fingerprint density at radius 2 is 1.78 bits per heavy atom. The minimum atomic E-state index is -0.0379. The molecule has 0 bridgehead atoms. The second-order valence-electron chi connectivity index (χ2n) is 6.26. The van der Waals surface area contributed by atoms with Crippen molar-refractivity contribution >= 4 is 5.91 Å². The molecule has 0 spiro atoms. The first-order valence-electron chi connectivity index (χ1n) is 7.91. The van der Waals surface area contributed by atoms with E-state index in [4.69, 9.17) is 9.47 Å². The predicted octanol–water partition coefficient (Wildman–Crippen LogP) is 2.79. The zero-order valence-corrected chi connectivity index (χ0v) is 13.1. The minimum absolute atomic E-state index is 0.0379. The molecular weight excluding hydrogens is 290 g/mol. The molecule has 0 saturated heterocycles. The van der Waals surface area contributed by atoms with Gasteiger partial charge in [0.2, 0.25) is 12.7 Å². The molecule has 0 fully saturated rings. The maximum atomic E-state index is 12.7. The first-order valence-corrected chi connectivity index (χ1v) is 7.91. The molecule has 0 saturated carbocycles. The summed E-state index contributed by atoms with van der Waals surface area (Å²) in [5.41, 5.74) is 3.54. The third-order valence-electron chi connectivity index (χ3n) is 4.62. The van der Waals surface area contributed by atoms with Gasteiger partial charge in [-0.25, -0.2) is 0 Å². The second kappa shape index (κ2) is 5.61. The Balaban J connectivity index is 1.67. The molecule has 2 heterocycles. The van der Waals surface area contributed by atoms with E-state index in [0.29, 0.717) is 6.54 Å². The van der Waals surface area contributed by atoms with E-state index in [9.17, 15) is 4.79 Å². The minimum Gasteiger partial charge on any atom is -0.454 e. The van der Waals surface area contributed by atoms with E-state index < -0.39 is 0 Å².